The summed E-state index contributed by atoms with van der Waals surface area (Å²) in [5.74, 6) is -0.879. The molecule has 0 atom stereocenters. The number of pyridine rings is 2. The highest BCUT2D eigenvalue weighted by Crippen LogP contribution is 2.37. The molecule has 12 heteroatoms. The van der Waals surface area contributed by atoms with Crippen LogP contribution in [0.15, 0.2) is 18.5 Å². The third-order valence-electron chi connectivity index (χ3n) is 5.60. The third-order valence-corrected chi connectivity index (χ3v) is 6.62. The van der Waals surface area contributed by atoms with Crippen LogP contribution in [0.4, 0.5) is 9.52 Å². The van der Waals surface area contributed by atoms with E-state index < -0.39 is 11.7 Å². The van der Waals surface area contributed by atoms with Crippen molar-refractivity contribution in [2.24, 2.45) is 5.92 Å². The van der Waals surface area contributed by atoms with E-state index in [4.69, 9.17) is 21.1 Å². The first kappa shape index (κ1) is 24.2. The molecule has 0 aliphatic heterocycles. The molecule has 0 saturated heterocycles. The number of carbonyl (C=O) groups is 1. The third kappa shape index (κ3) is 5.43. The maximum atomic E-state index is 14.9. The number of nitrogens with one attached hydrogen (secondary N) is 1. The van der Waals surface area contributed by atoms with Gasteiger partial charge in [-0.2, -0.15) is 0 Å². The molecule has 180 valence electrons. The number of rotatable bonds is 7. The second kappa shape index (κ2) is 10.6. The summed E-state index contributed by atoms with van der Waals surface area (Å²) in [7, 11) is 1.37. The van der Waals surface area contributed by atoms with Crippen molar-refractivity contribution in [3.8, 4) is 22.1 Å². The molecule has 0 radical (unpaired) electrons. The molecule has 4 rings (SSSR count). The maximum Gasteiger partial charge on any atom is 0.295 e. The topological polar surface area (TPSA) is 119 Å². The number of aliphatic hydroxyl groups excluding tert-OH is 1. The number of hydrogen-bond donors (Lipinski definition) is 2. The van der Waals surface area contributed by atoms with Crippen LogP contribution in [-0.4, -0.2) is 51.0 Å². The molecule has 0 bridgehead atoms. The Bertz CT molecular complexity index is 1190. The summed E-state index contributed by atoms with van der Waals surface area (Å²) < 4.78 is 25.9. The molecule has 1 saturated carbocycles. The van der Waals surface area contributed by atoms with Crippen LogP contribution in [-0.2, 0) is 0 Å². The minimum atomic E-state index is -0.803. The van der Waals surface area contributed by atoms with Gasteiger partial charge in [0.15, 0.2) is 11.0 Å². The van der Waals surface area contributed by atoms with Crippen LogP contribution in [0.2, 0.25) is 5.15 Å². The summed E-state index contributed by atoms with van der Waals surface area (Å²) in [6.45, 7) is 2.20. The first-order chi connectivity index (χ1) is 16.4. The van der Waals surface area contributed by atoms with E-state index in [1.165, 1.54) is 19.5 Å². The van der Waals surface area contributed by atoms with Gasteiger partial charge in [-0.05, 0) is 55.9 Å². The molecule has 34 heavy (non-hydrogen) atoms. The SMILES string of the molecule is COc1cnc(Cl)c(F)c1-c1cc(C)ncc1C(=O)Nc1nnc(OCC2CCC(O)CC2)s1. The second-order valence-corrected chi connectivity index (χ2v) is 9.29. The molecule has 3 aromatic rings. The molecule has 1 amide bonds. The number of aliphatic hydroxyl groups is 1. The second-order valence-electron chi connectivity index (χ2n) is 7.99. The zero-order chi connectivity index (χ0) is 24.2. The number of anilines is 1. The van der Waals surface area contributed by atoms with Crippen LogP contribution in [0.5, 0.6) is 10.9 Å². The van der Waals surface area contributed by atoms with Gasteiger partial charge in [-0.25, -0.2) is 9.37 Å². The highest BCUT2D eigenvalue weighted by Gasteiger charge is 2.24. The lowest BCUT2D eigenvalue weighted by atomic mass is 9.88. The van der Waals surface area contributed by atoms with Crippen molar-refractivity contribution in [1.29, 1.82) is 0 Å². The number of aromatic nitrogens is 4. The molecule has 1 fully saturated rings. The van der Waals surface area contributed by atoms with Gasteiger partial charge in [-0.3, -0.25) is 15.1 Å². The average molecular weight is 508 g/mol. The van der Waals surface area contributed by atoms with E-state index in [0.29, 0.717) is 23.4 Å². The van der Waals surface area contributed by atoms with E-state index in [1.807, 2.05) is 0 Å². The van der Waals surface area contributed by atoms with Gasteiger partial charge in [-0.1, -0.05) is 16.7 Å². The van der Waals surface area contributed by atoms with E-state index in [-0.39, 0.29) is 38.8 Å². The summed E-state index contributed by atoms with van der Waals surface area (Å²) in [5, 5.41) is 20.4. The molecule has 2 N–H and O–H groups in total. The van der Waals surface area contributed by atoms with Crippen LogP contribution in [0.1, 0.15) is 41.7 Å². The van der Waals surface area contributed by atoms with Crippen molar-refractivity contribution < 1.29 is 23.8 Å². The normalized spacial score (nSPS) is 17.9. The van der Waals surface area contributed by atoms with E-state index >= 15 is 0 Å². The number of hydrogen-bond acceptors (Lipinski definition) is 9. The van der Waals surface area contributed by atoms with Gasteiger partial charge in [0.05, 0.1) is 37.1 Å². The number of methoxy groups -OCH3 is 1. The molecule has 3 heterocycles. The predicted octanol–water partition coefficient (Wildman–Crippen LogP) is 4.29. The number of ether oxygens (including phenoxy) is 2. The number of halogens is 2. The Morgan fingerprint density at radius 2 is 2.03 bits per heavy atom. The molecule has 0 aromatic carbocycles. The molecule has 0 unspecified atom stereocenters. The van der Waals surface area contributed by atoms with Gasteiger partial charge >= 0.3 is 0 Å². The lowest BCUT2D eigenvalue weighted by Gasteiger charge is -2.24. The average Bonchev–Trinajstić information content (AvgIpc) is 3.27. The fraction of sp³-hybridized carbons (Fsp3) is 0.409. The smallest absolute Gasteiger partial charge is 0.295 e. The zero-order valence-electron chi connectivity index (χ0n) is 18.5. The Balaban J connectivity index is 1.51. The summed E-state index contributed by atoms with van der Waals surface area (Å²) in [6.07, 6.45) is 5.75. The molecule has 1 aliphatic carbocycles. The Morgan fingerprint density at radius 3 is 2.76 bits per heavy atom. The molecular formula is C22H23ClFN5O4S. The first-order valence-corrected chi connectivity index (χ1v) is 11.9. The quantitative estimate of drug-likeness (QED) is 0.454. The summed E-state index contributed by atoms with van der Waals surface area (Å²) in [6, 6.07) is 1.57. The molecule has 3 aromatic heterocycles. The zero-order valence-corrected chi connectivity index (χ0v) is 20.1. The Hall–Kier alpha value is -2.89. The van der Waals surface area contributed by atoms with Gasteiger partial charge in [0.2, 0.25) is 5.13 Å². The Labute approximate surface area is 204 Å². The van der Waals surface area contributed by atoms with Crippen LogP contribution in [0.25, 0.3) is 11.1 Å². The van der Waals surface area contributed by atoms with E-state index in [9.17, 15) is 14.3 Å². The Kier molecular flexibility index (Phi) is 7.54. The molecule has 1 aliphatic rings. The van der Waals surface area contributed by atoms with Gasteiger partial charge in [-0.15, -0.1) is 5.10 Å². The van der Waals surface area contributed by atoms with E-state index in [2.05, 4.69) is 25.5 Å². The first-order valence-electron chi connectivity index (χ1n) is 10.7. The standard InChI is InChI=1S/C22H23ClFN5O4S/c1-11-7-14(17-16(32-2)9-26-19(23)18(17)24)15(8-25-11)20(31)27-21-28-29-22(34-21)33-10-12-3-5-13(30)6-4-12/h7-9,12-13,30H,3-6,10H2,1-2H3,(H,27,28,31). The predicted molar refractivity (Wildman–Crippen MR) is 125 cm³/mol. The summed E-state index contributed by atoms with van der Waals surface area (Å²) in [4.78, 5) is 21.0. The summed E-state index contributed by atoms with van der Waals surface area (Å²) in [5.41, 5.74) is 0.937. The van der Waals surface area contributed by atoms with E-state index in [1.54, 1.807) is 13.0 Å². The van der Waals surface area contributed by atoms with Crippen LogP contribution in [0, 0.1) is 18.7 Å². The molecule has 9 nitrogen and oxygen atoms in total. The van der Waals surface area contributed by atoms with Gasteiger partial charge in [0.1, 0.15) is 5.75 Å². The summed E-state index contributed by atoms with van der Waals surface area (Å²) >= 11 is 6.98. The van der Waals surface area contributed by atoms with Crippen LogP contribution >= 0.6 is 22.9 Å². The number of nitrogens with zero attached hydrogens (tertiary/aromatic N) is 4. The number of aryl methyl sites for hydroxylation is 1. The number of amides is 1. The maximum absolute atomic E-state index is 14.9. The lowest BCUT2D eigenvalue weighted by molar-refractivity contribution is 0.0915. The van der Waals surface area contributed by atoms with Crippen molar-refractivity contribution in [2.75, 3.05) is 19.0 Å². The minimum absolute atomic E-state index is 0.0111. The van der Waals surface area contributed by atoms with Crippen molar-refractivity contribution in [2.45, 2.75) is 38.7 Å². The molecular weight excluding hydrogens is 485 g/mol. The number of carbonyl (C=O) groups excluding carboxylic acids is 1. The fourth-order valence-electron chi connectivity index (χ4n) is 3.78. The van der Waals surface area contributed by atoms with Gasteiger partial charge in [0.25, 0.3) is 11.1 Å². The van der Waals surface area contributed by atoms with Crippen LogP contribution < -0.4 is 14.8 Å². The van der Waals surface area contributed by atoms with Crippen LogP contribution in [0.3, 0.4) is 0 Å². The molecule has 0 spiro atoms. The highest BCUT2D eigenvalue weighted by molar-refractivity contribution is 7.17. The largest absolute Gasteiger partial charge is 0.494 e. The van der Waals surface area contributed by atoms with Crippen molar-refractivity contribution >= 4 is 34.0 Å². The van der Waals surface area contributed by atoms with Crippen molar-refractivity contribution in [1.82, 2.24) is 20.2 Å². The van der Waals surface area contributed by atoms with E-state index in [0.717, 1.165) is 37.0 Å². The van der Waals surface area contributed by atoms with Gasteiger partial charge < -0.3 is 14.6 Å². The van der Waals surface area contributed by atoms with Crippen molar-refractivity contribution in [3.63, 3.8) is 0 Å². The van der Waals surface area contributed by atoms with Gasteiger partial charge in [0, 0.05) is 17.5 Å². The monoisotopic (exact) mass is 507 g/mol. The highest BCUT2D eigenvalue weighted by atomic mass is 35.5. The minimum Gasteiger partial charge on any atom is -0.494 e. The van der Waals surface area contributed by atoms with Crippen molar-refractivity contribution in [3.05, 3.63) is 40.7 Å². The fourth-order valence-corrected chi connectivity index (χ4v) is 4.53. The Morgan fingerprint density at radius 1 is 1.26 bits per heavy atom. The lowest BCUT2D eigenvalue weighted by Crippen LogP contribution is -2.22.